The Morgan fingerprint density at radius 3 is 2.25 bits per heavy atom. The molecule has 0 aliphatic heterocycles. The third-order valence-electron chi connectivity index (χ3n) is 4.88. The van der Waals surface area contributed by atoms with Crippen LogP contribution in [0.4, 0.5) is 0 Å². The number of rotatable bonds is 3. The van der Waals surface area contributed by atoms with Crippen molar-refractivity contribution >= 4 is 40.0 Å². The van der Waals surface area contributed by atoms with Crippen LogP contribution in [0.3, 0.4) is 0 Å². The molecule has 1 aliphatic rings. The SMILES string of the molecule is CSc1nc2ccc(Cl)cc2c(-c2ccccc2)c1C([O-])=C1C=CC=C1.[Fe+2].c1cc[cH-]c1. The molecule has 1 heterocycles. The summed E-state index contributed by atoms with van der Waals surface area (Å²) in [6.07, 6.45) is 9.37. The van der Waals surface area contributed by atoms with Crippen LogP contribution in [0.1, 0.15) is 5.56 Å². The molecule has 5 heteroatoms. The van der Waals surface area contributed by atoms with Crippen LogP contribution in [0.15, 0.2) is 114 Å². The van der Waals surface area contributed by atoms with Crippen LogP contribution in [0.2, 0.25) is 5.02 Å². The minimum absolute atomic E-state index is 0. The molecule has 0 amide bonds. The average molecular weight is 498 g/mol. The van der Waals surface area contributed by atoms with E-state index in [4.69, 9.17) is 16.6 Å². The number of hydrogen-bond donors (Lipinski definition) is 0. The van der Waals surface area contributed by atoms with Gasteiger partial charge in [-0.25, -0.2) is 17.1 Å². The Balaban J connectivity index is 0.000000427. The van der Waals surface area contributed by atoms with Gasteiger partial charge in [-0.05, 0) is 35.6 Å². The number of aromatic nitrogens is 1. The van der Waals surface area contributed by atoms with Gasteiger partial charge in [0, 0.05) is 21.5 Å². The molecular weight excluding hydrogens is 478 g/mol. The average Bonchev–Trinajstić information content (AvgIpc) is 3.55. The Morgan fingerprint density at radius 1 is 0.969 bits per heavy atom. The van der Waals surface area contributed by atoms with Crippen molar-refractivity contribution < 1.29 is 22.2 Å². The number of benzene rings is 2. The normalized spacial score (nSPS) is 11.8. The Labute approximate surface area is 208 Å². The van der Waals surface area contributed by atoms with Gasteiger partial charge in [0.25, 0.3) is 0 Å². The summed E-state index contributed by atoms with van der Waals surface area (Å²) in [5, 5.41) is 15.6. The van der Waals surface area contributed by atoms with Crippen molar-refractivity contribution in [3.63, 3.8) is 0 Å². The summed E-state index contributed by atoms with van der Waals surface area (Å²) in [5.74, 6) is -0.0208. The predicted octanol–water partition coefficient (Wildman–Crippen LogP) is 6.88. The first-order valence-corrected chi connectivity index (χ1v) is 11.4. The van der Waals surface area contributed by atoms with Crippen molar-refractivity contribution in [2.45, 2.75) is 5.03 Å². The molecule has 1 aliphatic carbocycles. The van der Waals surface area contributed by atoms with E-state index in [-0.39, 0.29) is 22.8 Å². The van der Waals surface area contributed by atoms with E-state index in [1.165, 1.54) is 11.8 Å². The molecule has 4 aromatic rings. The molecule has 0 atom stereocenters. The molecule has 0 unspecified atom stereocenters. The molecule has 0 saturated heterocycles. The van der Waals surface area contributed by atoms with Gasteiger partial charge in [0.05, 0.1) is 5.52 Å². The minimum Gasteiger partial charge on any atom is -0.872 e. The van der Waals surface area contributed by atoms with Crippen LogP contribution in [0.5, 0.6) is 0 Å². The third-order valence-corrected chi connectivity index (χ3v) is 5.79. The summed E-state index contributed by atoms with van der Waals surface area (Å²) in [4.78, 5) is 4.74. The van der Waals surface area contributed by atoms with E-state index in [1.54, 1.807) is 0 Å². The molecule has 0 bridgehead atoms. The smallest absolute Gasteiger partial charge is 0.872 e. The fourth-order valence-electron chi connectivity index (χ4n) is 3.47. The van der Waals surface area contributed by atoms with Crippen LogP contribution in [-0.2, 0) is 17.1 Å². The van der Waals surface area contributed by atoms with Gasteiger partial charge < -0.3 is 5.11 Å². The van der Waals surface area contributed by atoms with E-state index in [0.29, 0.717) is 16.2 Å². The summed E-state index contributed by atoms with van der Waals surface area (Å²) in [5.41, 5.74) is 3.99. The number of nitrogens with zero attached hydrogens (tertiary/aromatic N) is 1. The molecule has 3 aromatic carbocycles. The maximum absolute atomic E-state index is 13.3. The molecule has 0 radical (unpaired) electrons. The van der Waals surface area contributed by atoms with Gasteiger partial charge in [0.2, 0.25) is 0 Å². The van der Waals surface area contributed by atoms with Crippen LogP contribution in [0, 0.1) is 0 Å². The van der Waals surface area contributed by atoms with Crippen molar-refractivity contribution in [2.24, 2.45) is 0 Å². The Hall–Kier alpha value is -2.62. The minimum atomic E-state index is -0.0208. The van der Waals surface area contributed by atoms with E-state index >= 15 is 0 Å². The number of pyridine rings is 1. The van der Waals surface area contributed by atoms with Gasteiger partial charge in [0.15, 0.2) is 0 Å². The molecule has 0 fully saturated rings. The molecule has 0 spiro atoms. The maximum atomic E-state index is 13.3. The van der Waals surface area contributed by atoms with Crippen LogP contribution in [-0.4, -0.2) is 11.2 Å². The van der Waals surface area contributed by atoms with Crippen LogP contribution < -0.4 is 5.11 Å². The zero-order chi connectivity index (χ0) is 21.6. The van der Waals surface area contributed by atoms with Gasteiger partial charge in [-0.3, -0.25) is 0 Å². The Bertz CT molecular complexity index is 1250. The van der Waals surface area contributed by atoms with Crippen molar-refractivity contribution in [3.05, 3.63) is 119 Å². The number of thioether (sulfide) groups is 1. The first-order chi connectivity index (χ1) is 15.2. The van der Waals surface area contributed by atoms with E-state index in [9.17, 15) is 5.11 Å². The third kappa shape index (κ3) is 5.23. The van der Waals surface area contributed by atoms with E-state index in [2.05, 4.69) is 0 Å². The van der Waals surface area contributed by atoms with Gasteiger partial charge in [-0.15, -0.1) is 11.8 Å². The zero-order valence-electron chi connectivity index (χ0n) is 17.3. The first-order valence-electron chi connectivity index (χ1n) is 9.85. The quantitative estimate of drug-likeness (QED) is 0.134. The number of hydrogen-bond acceptors (Lipinski definition) is 3. The first kappa shape index (κ1) is 24.0. The number of fused-ring (bicyclic) bond motifs is 1. The molecule has 0 saturated carbocycles. The topological polar surface area (TPSA) is 36.0 Å². The summed E-state index contributed by atoms with van der Waals surface area (Å²) in [6.45, 7) is 0. The van der Waals surface area contributed by atoms with E-state index in [1.807, 2.05) is 109 Å². The number of allylic oxidation sites excluding steroid dienone is 5. The molecule has 160 valence electrons. The standard InChI is InChI=1S/C22H16ClNOS.C5H5.Fe/c1-26-22-20(21(25)15-9-5-6-10-15)19(14-7-3-2-4-8-14)17-13-16(23)11-12-18(17)24-22;1-2-4-5-3-1;/h2-13,25H,1H3;1-5H;/q;-1;+2/p-1. The second-order valence-corrected chi connectivity index (χ2v) is 8.09. The van der Waals surface area contributed by atoms with Gasteiger partial charge >= 0.3 is 17.1 Å². The van der Waals surface area contributed by atoms with Crippen molar-refractivity contribution in [3.8, 4) is 11.1 Å². The summed E-state index contributed by atoms with van der Waals surface area (Å²) in [6, 6.07) is 25.6. The predicted molar refractivity (Wildman–Crippen MR) is 131 cm³/mol. The van der Waals surface area contributed by atoms with Crippen molar-refractivity contribution in [2.75, 3.05) is 6.26 Å². The fourth-order valence-corrected chi connectivity index (χ4v) is 4.23. The van der Waals surface area contributed by atoms with Crippen LogP contribution >= 0.6 is 23.4 Å². The molecule has 5 rings (SSSR count). The monoisotopic (exact) mass is 497 g/mol. The number of halogens is 1. The van der Waals surface area contributed by atoms with E-state index in [0.717, 1.165) is 27.1 Å². The second kappa shape index (κ2) is 11.3. The van der Waals surface area contributed by atoms with E-state index < -0.39 is 0 Å². The zero-order valence-corrected chi connectivity index (χ0v) is 20.0. The largest absolute Gasteiger partial charge is 2.00 e. The second-order valence-electron chi connectivity index (χ2n) is 6.86. The maximum Gasteiger partial charge on any atom is 2.00 e. The molecule has 1 aromatic heterocycles. The fraction of sp³-hybridized carbons (Fsp3) is 0.0370. The Kier molecular flexibility index (Phi) is 8.49. The summed E-state index contributed by atoms with van der Waals surface area (Å²) >= 11 is 7.75. The van der Waals surface area contributed by atoms with Gasteiger partial charge in [-0.2, -0.15) is 18.2 Å². The van der Waals surface area contributed by atoms with Crippen molar-refractivity contribution in [1.82, 2.24) is 4.98 Å². The molecule has 0 N–H and O–H groups in total. The van der Waals surface area contributed by atoms with Crippen LogP contribution in [0.25, 0.3) is 27.8 Å². The Morgan fingerprint density at radius 2 is 1.66 bits per heavy atom. The van der Waals surface area contributed by atoms with Gasteiger partial charge in [0.1, 0.15) is 5.03 Å². The molecular formula is C27H20ClFeNOS. The summed E-state index contributed by atoms with van der Waals surface area (Å²) in [7, 11) is 0. The van der Waals surface area contributed by atoms with Crippen molar-refractivity contribution in [1.29, 1.82) is 0 Å². The molecule has 32 heavy (non-hydrogen) atoms. The molecule has 2 nitrogen and oxygen atoms in total. The van der Waals surface area contributed by atoms with Gasteiger partial charge in [-0.1, -0.05) is 72.0 Å². The summed E-state index contributed by atoms with van der Waals surface area (Å²) < 4.78 is 0.